The molecule has 1 amide bonds. The number of hydrogen-bond donors (Lipinski definition) is 1. The summed E-state index contributed by atoms with van der Waals surface area (Å²) in [6, 6.07) is 14.2. The van der Waals surface area contributed by atoms with Gasteiger partial charge in [0, 0.05) is 31.7 Å². The number of sulfonamides is 1. The molecule has 1 heterocycles. The fraction of sp³-hybridized carbons (Fsp3) is 0.458. The second-order valence-corrected chi connectivity index (χ2v) is 11.0. The first-order chi connectivity index (χ1) is 14.6. The summed E-state index contributed by atoms with van der Waals surface area (Å²) in [6.45, 7) is 9.82. The van der Waals surface area contributed by atoms with E-state index >= 15 is 0 Å². The van der Waals surface area contributed by atoms with Crippen LogP contribution in [0.4, 0.5) is 0 Å². The van der Waals surface area contributed by atoms with E-state index in [0.717, 1.165) is 43.7 Å². The van der Waals surface area contributed by atoms with Crippen LogP contribution >= 0.6 is 0 Å². The van der Waals surface area contributed by atoms with Crippen LogP contribution in [-0.4, -0.2) is 57.4 Å². The van der Waals surface area contributed by atoms with Gasteiger partial charge in [0.2, 0.25) is 10.0 Å². The van der Waals surface area contributed by atoms with Crippen molar-refractivity contribution in [3.8, 4) is 0 Å². The van der Waals surface area contributed by atoms with Gasteiger partial charge in [-0.1, -0.05) is 45.0 Å². The summed E-state index contributed by atoms with van der Waals surface area (Å²) in [7, 11) is -1.53. The topological polar surface area (TPSA) is 69.7 Å². The maximum Gasteiger partial charge on any atom is 0.253 e. The van der Waals surface area contributed by atoms with Crippen LogP contribution in [0, 0.1) is 0 Å². The van der Waals surface area contributed by atoms with E-state index in [0.29, 0.717) is 5.56 Å². The Balaban J connectivity index is 1.61. The average molecular weight is 444 g/mol. The fourth-order valence-corrected chi connectivity index (χ4v) is 4.61. The van der Waals surface area contributed by atoms with E-state index in [1.165, 1.54) is 0 Å². The van der Waals surface area contributed by atoms with Crippen LogP contribution in [0.3, 0.4) is 0 Å². The molecular formula is C24H33N3O3S. The monoisotopic (exact) mass is 443 g/mol. The first kappa shape index (κ1) is 23.4. The Morgan fingerprint density at radius 3 is 2.19 bits per heavy atom. The van der Waals surface area contributed by atoms with Gasteiger partial charge in [0.05, 0.1) is 4.90 Å². The van der Waals surface area contributed by atoms with Crippen molar-refractivity contribution < 1.29 is 13.2 Å². The van der Waals surface area contributed by atoms with Crippen molar-refractivity contribution in [3.63, 3.8) is 0 Å². The summed E-state index contributed by atoms with van der Waals surface area (Å²) in [5, 5.41) is 0. The van der Waals surface area contributed by atoms with Crippen LogP contribution in [0.15, 0.2) is 53.4 Å². The van der Waals surface area contributed by atoms with Crippen molar-refractivity contribution >= 4 is 15.9 Å². The molecule has 1 fully saturated rings. The summed E-state index contributed by atoms with van der Waals surface area (Å²) < 4.78 is 27.9. The third-order valence-corrected chi connectivity index (χ3v) is 7.12. The zero-order valence-corrected chi connectivity index (χ0v) is 19.7. The van der Waals surface area contributed by atoms with Crippen LogP contribution in [0.25, 0.3) is 0 Å². The lowest BCUT2D eigenvalue weighted by molar-refractivity contribution is 0.0763. The van der Waals surface area contributed by atoms with Gasteiger partial charge in [0.1, 0.15) is 0 Å². The minimum Gasteiger partial charge on any atom is -0.337 e. The molecule has 2 aromatic carbocycles. The quantitative estimate of drug-likeness (QED) is 0.770. The lowest BCUT2D eigenvalue weighted by Gasteiger charge is -2.20. The van der Waals surface area contributed by atoms with E-state index in [4.69, 9.17) is 0 Å². The molecule has 0 saturated carbocycles. The number of nitrogens with one attached hydrogen (secondary N) is 1. The smallest absolute Gasteiger partial charge is 0.253 e. The molecule has 7 heteroatoms. The molecule has 1 aliphatic heterocycles. The highest BCUT2D eigenvalue weighted by atomic mass is 32.2. The van der Waals surface area contributed by atoms with Gasteiger partial charge >= 0.3 is 0 Å². The van der Waals surface area contributed by atoms with Crippen molar-refractivity contribution in [3.05, 3.63) is 65.2 Å². The number of hydrogen-bond acceptors (Lipinski definition) is 4. The molecule has 0 unspecified atom stereocenters. The number of likely N-dealkylation sites (N-methyl/N-ethyl adjacent to an activating group) is 1. The van der Waals surface area contributed by atoms with Crippen molar-refractivity contribution in [1.82, 2.24) is 14.5 Å². The molecule has 0 aliphatic carbocycles. The van der Waals surface area contributed by atoms with Crippen LogP contribution in [-0.2, 0) is 22.0 Å². The molecule has 6 nitrogen and oxygen atoms in total. The van der Waals surface area contributed by atoms with Gasteiger partial charge < -0.3 is 9.80 Å². The van der Waals surface area contributed by atoms with Crippen LogP contribution in [0.5, 0.6) is 0 Å². The Labute approximate surface area is 186 Å². The highest BCUT2D eigenvalue weighted by Crippen LogP contribution is 2.23. The van der Waals surface area contributed by atoms with E-state index in [1.807, 2.05) is 29.2 Å². The first-order valence-corrected chi connectivity index (χ1v) is 12.2. The second kappa shape index (κ2) is 9.51. The molecule has 31 heavy (non-hydrogen) atoms. The number of amides is 1. The highest BCUT2D eigenvalue weighted by molar-refractivity contribution is 7.89. The standard InChI is InChI=1S/C24H33N3O3S/c1-24(2,3)21-10-12-22(13-11-21)31(29,30)25-18-19-6-8-20(9-7-19)23(28)27-15-5-14-26(4)16-17-27/h6-13,25H,5,14-18H2,1-4H3. The number of carbonyl (C=O) groups excluding carboxylic acids is 1. The lowest BCUT2D eigenvalue weighted by atomic mass is 9.87. The molecule has 0 atom stereocenters. The maximum absolute atomic E-state index is 12.8. The minimum atomic E-state index is -3.60. The fourth-order valence-electron chi connectivity index (χ4n) is 3.59. The molecular weight excluding hydrogens is 410 g/mol. The first-order valence-electron chi connectivity index (χ1n) is 10.7. The SMILES string of the molecule is CN1CCCN(C(=O)c2ccc(CNS(=O)(=O)c3ccc(C(C)(C)C)cc3)cc2)CC1. The Bertz CT molecular complexity index is 994. The zero-order chi connectivity index (χ0) is 22.6. The van der Waals surface area contributed by atoms with Gasteiger partial charge in [-0.25, -0.2) is 13.1 Å². The second-order valence-electron chi connectivity index (χ2n) is 9.24. The maximum atomic E-state index is 12.8. The largest absolute Gasteiger partial charge is 0.337 e. The molecule has 2 aromatic rings. The van der Waals surface area contributed by atoms with Crippen LogP contribution in [0.2, 0.25) is 0 Å². The van der Waals surface area contributed by atoms with Gasteiger partial charge in [0.15, 0.2) is 0 Å². The molecule has 1 aliphatic rings. The van der Waals surface area contributed by atoms with E-state index < -0.39 is 10.0 Å². The average Bonchev–Trinajstić information content (AvgIpc) is 2.96. The zero-order valence-electron chi connectivity index (χ0n) is 18.9. The Kier molecular flexibility index (Phi) is 7.19. The molecule has 0 aromatic heterocycles. The van der Waals surface area contributed by atoms with Crippen LogP contribution in [0.1, 0.15) is 48.7 Å². The third kappa shape index (κ3) is 6.15. The Hall–Kier alpha value is -2.22. The Morgan fingerprint density at radius 2 is 1.58 bits per heavy atom. The van der Waals surface area contributed by atoms with E-state index in [-0.39, 0.29) is 22.8 Å². The highest BCUT2D eigenvalue weighted by Gasteiger charge is 2.20. The minimum absolute atomic E-state index is 0.0290. The third-order valence-electron chi connectivity index (χ3n) is 5.70. The van der Waals surface area contributed by atoms with Gasteiger partial charge in [-0.2, -0.15) is 0 Å². The number of carbonyl (C=O) groups is 1. The van der Waals surface area contributed by atoms with Gasteiger partial charge in [-0.15, -0.1) is 0 Å². The Morgan fingerprint density at radius 1 is 0.935 bits per heavy atom. The van der Waals surface area contributed by atoms with E-state index in [9.17, 15) is 13.2 Å². The number of rotatable bonds is 5. The van der Waals surface area contributed by atoms with Crippen molar-refractivity contribution in [2.45, 2.75) is 44.0 Å². The van der Waals surface area contributed by atoms with Crippen molar-refractivity contribution in [2.24, 2.45) is 0 Å². The summed E-state index contributed by atoms with van der Waals surface area (Å²) in [6.07, 6.45) is 0.971. The van der Waals surface area contributed by atoms with E-state index in [1.54, 1.807) is 24.3 Å². The van der Waals surface area contributed by atoms with E-state index in [2.05, 4.69) is 37.4 Å². The van der Waals surface area contributed by atoms with Gasteiger partial charge in [0.25, 0.3) is 5.91 Å². The molecule has 0 bridgehead atoms. The van der Waals surface area contributed by atoms with Gasteiger partial charge in [-0.3, -0.25) is 4.79 Å². The van der Waals surface area contributed by atoms with Gasteiger partial charge in [-0.05, 0) is 60.8 Å². The molecule has 1 N–H and O–H groups in total. The molecule has 0 radical (unpaired) electrons. The van der Waals surface area contributed by atoms with Crippen molar-refractivity contribution in [1.29, 1.82) is 0 Å². The summed E-state index contributed by atoms with van der Waals surface area (Å²) in [5.41, 5.74) is 2.50. The molecule has 168 valence electrons. The number of nitrogens with zero attached hydrogens (tertiary/aromatic N) is 2. The normalized spacial score (nSPS) is 16.2. The predicted octanol–water partition coefficient (Wildman–Crippen LogP) is 3.24. The molecule has 0 spiro atoms. The summed E-state index contributed by atoms with van der Waals surface area (Å²) in [4.78, 5) is 17.1. The summed E-state index contributed by atoms with van der Waals surface area (Å²) >= 11 is 0. The summed E-state index contributed by atoms with van der Waals surface area (Å²) in [5.74, 6) is 0.0290. The van der Waals surface area contributed by atoms with Crippen molar-refractivity contribution in [2.75, 3.05) is 33.2 Å². The predicted molar refractivity (Wildman–Crippen MR) is 124 cm³/mol. The molecule has 3 rings (SSSR count). The molecule has 1 saturated heterocycles. The van der Waals surface area contributed by atoms with Crippen LogP contribution < -0.4 is 4.72 Å². The number of benzene rings is 2. The lowest BCUT2D eigenvalue weighted by Crippen LogP contribution is -2.34.